The van der Waals surface area contributed by atoms with Crippen LogP contribution in [-0.4, -0.2) is 26.9 Å². The van der Waals surface area contributed by atoms with Crippen LogP contribution < -0.4 is 10.1 Å². The maximum atomic E-state index is 5.67. The van der Waals surface area contributed by atoms with E-state index in [1.54, 1.807) is 7.11 Å². The molecule has 1 fully saturated rings. The maximum absolute atomic E-state index is 5.67. The Morgan fingerprint density at radius 2 is 2.30 bits per heavy atom. The van der Waals surface area contributed by atoms with E-state index in [4.69, 9.17) is 9.47 Å². The minimum Gasteiger partial charge on any atom is -0.496 e. The van der Waals surface area contributed by atoms with Crippen LogP contribution in [0.2, 0.25) is 0 Å². The Kier molecular flexibility index (Phi) is 5.86. The molecule has 1 aromatic carbocycles. The van der Waals surface area contributed by atoms with Gasteiger partial charge in [-0.3, -0.25) is 0 Å². The highest BCUT2D eigenvalue weighted by molar-refractivity contribution is 5.38. The molecule has 112 valence electrons. The fraction of sp³-hybridized carbons (Fsp3) is 0.647. The minimum absolute atomic E-state index is 0.366. The Bertz CT molecular complexity index is 413. The highest BCUT2D eigenvalue weighted by atomic mass is 16.5. The van der Waals surface area contributed by atoms with Gasteiger partial charge in [-0.05, 0) is 49.9 Å². The highest BCUT2D eigenvalue weighted by Gasteiger charge is 2.25. The van der Waals surface area contributed by atoms with Gasteiger partial charge in [0.1, 0.15) is 5.75 Å². The third-order valence-corrected chi connectivity index (χ3v) is 4.07. The molecule has 0 aromatic heterocycles. The molecule has 0 bridgehead atoms. The van der Waals surface area contributed by atoms with E-state index in [0.29, 0.717) is 12.0 Å². The monoisotopic (exact) mass is 277 g/mol. The van der Waals surface area contributed by atoms with E-state index in [1.807, 2.05) is 0 Å². The molecule has 1 aromatic rings. The lowest BCUT2D eigenvalue weighted by Crippen LogP contribution is -2.33. The number of benzene rings is 1. The topological polar surface area (TPSA) is 30.5 Å². The Morgan fingerprint density at radius 3 is 2.95 bits per heavy atom. The quantitative estimate of drug-likeness (QED) is 0.863. The number of hydrogen-bond donors (Lipinski definition) is 1. The van der Waals surface area contributed by atoms with Crippen molar-refractivity contribution in [2.45, 2.75) is 39.2 Å². The second-order valence-electron chi connectivity index (χ2n) is 5.64. The molecule has 2 unspecified atom stereocenters. The zero-order chi connectivity index (χ0) is 14.4. The van der Waals surface area contributed by atoms with Gasteiger partial charge in [-0.25, -0.2) is 0 Å². The van der Waals surface area contributed by atoms with Crippen molar-refractivity contribution in [2.24, 2.45) is 5.92 Å². The van der Waals surface area contributed by atoms with Crippen molar-refractivity contribution in [3.63, 3.8) is 0 Å². The lowest BCUT2D eigenvalue weighted by molar-refractivity contribution is 0.0390. The molecule has 1 saturated heterocycles. The van der Waals surface area contributed by atoms with Crippen LogP contribution in [-0.2, 0) is 4.74 Å². The van der Waals surface area contributed by atoms with Crippen molar-refractivity contribution in [1.82, 2.24) is 5.32 Å². The van der Waals surface area contributed by atoms with Gasteiger partial charge in [-0.2, -0.15) is 0 Å². The average Bonchev–Trinajstić information content (AvgIpc) is 2.50. The summed E-state index contributed by atoms with van der Waals surface area (Å²) in [6, 6.07) is 6.92. The molecule has 1 heterocycles. The van der Waals surface area contributed by atoms with Crippen molar-refractivity contribution < 1.29 is 9.47 Å². The van der Waals surface area contributed by atoms with Gasteiger partial charge in [0.2, 0.25) is 0 Å². The Hall–Kier alpha value is -1.06. The van der Waals surface area contributed by atoms with Crippen molar-refractivity contribution in [1.29, 1.82) is 0 Å². The summed E-state index contributed by atoms with van der Waals surface area (Å²) in [4.78, 5) is 0. The molecule has 2 atom stereocenters. The molecule has 0 spiro atoms. The van der Waals surface area contributed by atoms with E-state index in [9.17, 15) is 0 Å². The molecule has 0 aliphatic carbocycles. The van der Waals surface area contributed by atoms with Gasteiger partial charge >= 0.3 is 0 Å². The second-order valence-corrected chi connectivity index (χ2v) is 5.64. The summed E-state index contributed by atoms with van der Waals surface area (Å²) in [5.74, 6) is 1.53. The first-order valence-electron chi connectivity index (χ1n) is 7.72. The van der Waals surface area contributed by atoms with Gasteiger partial charge in [0.05, 0.1) is 13.7 Å². The molecule has 3 nitrogen and oxygen atoms in total. The number of methoxy groups -OCH3 is 1. The predicted octanol–water partition coefficient (Wildman–Crippen LogP) is 3.47. The average molecular weight is 277 g/mol. The Labute approximate surface area is 122 Å². The first-order chi connectivity index (χ1) is 9.76. The number of aryl methyl sites for hydroxylation is 1. The smallest absolute Gasteiger partial charge is 0.122 e. The molecule has 1 N–H and O–H groups in total. The summed E-state index contributed by atoms with van der Waals surface area (Å²) >= 11 is 0. The molecule has 0 radical (unpaired) electrons. The molecular formula is C17H27NO2. The van der Waals surface area contributed by atoms with E-state index in [1.165, 1.54) is 17.5 Å². The van der Waals surface area contributed by atoms with Gasteiger partial charge < -0.3 is 14.8 Å². The molecule has 20 heavy (non-hydrogen) atoms. The highest BCUT2D eigenvalue weighted by Crippen LogP contribution is 2.31. The summed E-state index contributed by atoms with van der Waals surface area (Å²) in [5, 5.41) is 3.69. The zero-order valence-corrected chi connectivity index (χ0v) is 12.9. The lowest BCUT2D eigenvalue weighted by Gasteiger charge is -2.31. The molecule has 3 heteroatoms. The Morgan fingerprint density at radius 1 is 1.45 bits per heavy atom. The van der Waals surface area contributed by atoms with Gasteiger partial charge in [0, 0.05) is 18.6 Å². The third-order valence-electron chi connectivity index (χ3n) is 4.07. The van der Waals surface area contributed by atoms with E-state index in [0.717, 1.165) is 38.3 Å². The second kappa shape index (κ2) is 7.65. The van der Waals surface area contributed by atoms with Crippen molar-refractivity contribution in [3.8, 4) is 5.75 Å². The molecule has 0 amide bonds. The largest absolute Gasteiger partial charge is 0.496 e. The van der Waals surface area contributed by atoms with E-state index < -0.39 is 0 Å². The lowest BCUT2D eigenvalue weighted by atomic mass is 9.88. The molecule has 0 saturated carbocycles. The van der Waals surface area contributed by atoms with Gasteiger partial charge in [-0.15, -0.1) is 0 Å². The fourth-order valence-corrected chi connectivity index (χ4v) is 2.92. The van der Waals surface area contributed by atoms with Crippen LogP contribution in [0.1, 0.15) is 43.4 Å². The molecular weight excluding hydrogens is 250 g/mol. The van der Waals surface area contributed by atoms with Crippen LogP contribution in [0.15, 0.2) is 18.2 Å². The molecule has 1 aliphatic heterocycles. The normalized spacial score (nSPS) is 20.6. The standard InChI is InChI=1S/C17H27NO2/c1-4-9-18-17(15-6-5-10-20-12-15)14-8-7-13(2)16(11-14)19-3/h7-8,11,15,17-18H,4-6,9-10,12H2,1-3H3. The third kappa shape index (κ3) is 3.74. The van der Waals surface area contributed by atoms with Crippen molar-refractivity contribution in [3.05, 3.63) is 29.3 Å². The van der Waals surface area contributed by atoms with Crippen molar-refractivity contribution in [2.75, 3.05) is 26.9 Å². The van der Waals surface area contributed by atoms with Crippen LogP contribution in [0.25, 0.3) is 0 Å². The summed E-state index contributed by atoms with van der Waals surface area (Å²) in [5.41, 5.74) is 2.50. The van der Waals surface area contributed by atoms with Gasteiger partial charge in [-0.1, -0.05) is 19.1 Å². The van der Waals surface area contributed by atoms with E-state index in [-0.39, 0.29) is 0 Å². The van der Waals surface area contributed by atoms with Crippen LogP contribution in [0.4, 0.5) is 0 Å². The number of hydrogen-bond acceptors (Lipinski definition) is 3. The van der Waals surface area contributed by atoms with Crippen LogP contribution in [0, 0.1) is 12.8 Å². The minimum atomic E-state index is 0.366. The van der Waals surface area contributed by atoms with Crippen molar-refractivity contribution >= 4 is 0 Å². The molecule has 1 aliphatic rings. The van der Waals surface area contributed by atoms with Crippen LogP contribution >= 0.6 is 0 Å². The fourth-order valence-electron chi connectivity index (χ4n) is 2.92. The van der Waals surface area contributed by atoms with E-state index >= 15 is 0 Å². The van der Waals surface area contributed by atoms with Gasteiger partial charge in [0.25, 0.3) is 0 Å². The summed E-state index contributed by atoms with van der Waals surface area (Å²) in [6.07, 6.45) is 3.54. The summed E-state index contributed by atoms with van der Waals surface area (Å²) < 4.78 is 11.1. The number of nitrogens with one attached hydrogen (secondary N) is 1. The predicted molar refractivity (Wildman–Crippen MR) is 82.3 cm³/mol. The van der Waals surface area contributed by atoms with Crippen LogP contribution in [0.5, 0.6) is 5.75 Å². The number of ether oxygens (including phenoxy) is 2. The summed E-state index contributed by atoms with van der Waals surface area (Å²) in [6.45, 7) is 7.10. The van der Waals surface area contributed by atoms with E-state index in [2.05, 4.69) is 37.4 Å². The first kappa shape index (κ1) is 15.3. The van der Waals surface area contributed by atoms with Gasteiger partial charge in [0.15, 0.2) is 0 Å². The molecule has 2 rings (SSSR count). The van der Waals surface area contributed by atoms with Crippen LogP contribution in [0.3, 0.4) is 0 Å². The first-order valence-corrected chi connectivity index (χ1v) is 7.72. The Balaban J connectivity index is 2.20. The zero-order valence-electron chi connectivity index (χ0n) is 12.9. The SMILES string of the molecule is CCCNC(c1ccc(C)c(OC)c1)C1CCCOC1. The summed E-state index contributed by atoms with van der Waals surface area (Å²) in [7, 11) is 1.74. The maximum Gasteiger partial charge on any atom is 0.122 e. The number of rotatable bonds is 6.